The fourth-order valence-electron chi connectivity index (χ4n) is 1.23. The molecule has 0 spiro atoms. The first-order valence-corrected chi connectivity index (χ1v) is 5.01. The summed E-state index contributed by atoms with van der Waals surface area (Å²) in [5.74, 6) is -2.38. The molecule has 1 atom stereocenters. The lowest BCUT2D eigenvalue weighted by atomic mass is 10.0. The summed E-state index contributed by atoms with van der Waals surface area (Å²) in [5, 5.41) is 18.0. The van der Waals surface area contributed by atoms with Crippen molar-refractivity contribution >= 4 is 15.9 Å². The van der Waals surface area contributed by atoms with Gasteiger partial charge in [0.25, 0.3) is 0 Å². The van der Waals surface area contributed by atoms with E-state index in [9.17, 15) is 13.9 Å². The van der Waals surface area contributed by atoms with Crippen LogP contribution < -0.4 is 5.73 Å². The largest absolute Gasteiger partial charge is 0.507 e. The molecular weight excluding hydrogens is 272 g/mol. The Morgan fingerprint density at radius 1 is 1.47 bits per heavy atom. The molecule has 0 saturated heterocycles. The van der Waals surface area contributed by atoms with Crippen molar-refractivity contribution in [2.45, 2.75) is 12.5 Å². The van der Waals surface area contributed by atoms with Gasteiger partial charge in [0.2, 0.25) is 0 Å². The highest BCUT2D eigenvalue weighted by Crippen LogP contribution is 2.33. The summed E-state index contributed by atoms with van der Waals surface area (Å²) in [6, 6.07) is -0.0911. The van der Waals surface area contributed by atoms with Gasteiger partial charge in [0.1, 0.15) is 17.4 Å². The van der Waals surface area contributed by atoms with Gasteiger partial charge in [0.05, 0.1) is 4.47 Å². The van der Waals surface area contributed by atoms with E-state index < -0.39 is 23.4 Å². The number of aliphatic hydroxyl groups is 1. The molecule has 3 nitrogen and oxygen atoms in total. The molecule has 0 aliphatic carbocycles. The molecule has 0 aliphatic heterocycles. The molecule has 4 N–H and O–H groups in total. The van der Waals surface area contributed by atoms with Gasteiger partial charge in [0.15, 0.2) is 0 Å². The molecule has 1 aromatic rings. The van der Waals surface area contributed by atoms with Crippen molar-refractivity contribution in [2.24, 2.45) is 5.73 Å². The van der Waals surface area contributed by atoms with Crippen LogP contribution in [0, 0.1) is 11.6 Å². The lowest BCUT2D eigenvalue weighted by Gasteiger charge is -2.14. The number of nitrogens with two attached hydrogens (primary N) is 1. The molecule has 1 aromatic carbocycles. The molecule has 6 heteroatoms. The zero-order chi connectivity index (χ0) is 11.6. The number of halogens is 3. The molecular formula is C9H10BrF2NO2. The Morgan fingerprint density at radius 2 is 2.07 bits per heavy atom. The van der Waals surface area contributed by atoms with Gasteiger partial charge in [-0.25, -0.2) is 8.78 Å². The topological polar surface area (TPSA) is 66.5 Å². The van der Waals surface area contributed by atoms with Gasteiger partial charge in [-0.3, -0.25) is 0 Å². The lowest BCUT2D eigenvalue weighted by Crippen LogP contribution is -2.14. The first kappa shape index (κ1) is 12.4. The van der Waals surface area contributed by atoms with E-state index in [2.05, 4.69) is 15.9 Å². The molecule has 15 heavy (non-hydrogen) atoms. The monoisotopic (exact) mass is 281 g/mol. The number of phenolic OH excluding ortho intramolecular Hbond substituents is 1. The quantitative estimate of drug-likeness (QED) is 0.741. The van der Waals surface area contributed by atoms with Crippen LogP contribution in [0.2, 0.25) is 0 Å². The van der Waals surface area contributed by atoms with Gasteiger partial charge in [-0.2, -0.15) is 0 Å². The second-order valence-corrected chi connectivity index (χ2v) is 3.83. The smallest absolute Gasteiger partial charge is 0.148 e. The van der Waals surface area contributed by atoms with E-state index in [0.29, 0.717) is 0 Å². The normalized spacial score (nSPS) is 12.9. The highest BCUT2D eigenvalue weighted by atomic mass is 79.9. The van der Waals surface area contributed by atoms with Crippen molar-refractivity contribution in [3.8, 4) is 5.75 Å². The Morgan fingerprint density at radius 3 is 2.60 bits per heavy atom. The molecule has 1 unspecified atom stereocenters. The SMILES string of the molecule is NC(CCO)c1c(O)cc(F)c(Br)c1F. The van der Waals surface area contributed by atoms with Gasteiger partial charge in [-0.15, -0.1) is 0 Å². The minimum atomic E-state index is -0.937. The van der Waals surface area contributed by atoms with E-state index in [-0.39, 0.29) is 23.1 Å². The number of benzene rings is 1. The predicted octanol–water partition coefficient (Wildman–Crippen LogP) is 1.82. The molecule has 0 bridgehead atoms. The van der Waals surface area contributed by atoms with Crippen molar-refractivity contribution < 1.29 is 19.0 Å². The van der Waals surface area contributed by atoms with Crippen LogP contribution in [0.5, 0.6) is 5.75 Å². The third-order valence-electron chi connectivity index (χ3n) is 1.99. The van der Waals surface area contributed by atoms with E-state index in [1.54, 1.807) is 0 Å². The van der Waals surface area contributed by atoms with Crippen LogP contribution in [0.1, 0.15) is 18.0 Å². The number of hydrogen-bond acceptors (Lipinski definition) is 3. The average molecular weight is 282 g/mol. The third kappa shape index (κ3) is 2.45. The first-order valence-electron chi connectivity index (χ1n) is 4.21. The minimum Gasteiger partial charge on any atom is -0.507 e. The number of aliphatic hydroxyl groups excluding tert-OH is 1. The predicted molar refractivity (Wildman–Crippen MR) is 54.4 cm³/mol. The Balaban J connectivity index is 3.23. The maximum absolute atomic E-state index is 13.5. The number of rotatable bonds is 3. The second-order valence-electron chi connectivity index (χ2n) is 3.04. The van der Waals surface area contributed by atoms with Crippen molar-refractivity contribution in [3.63, 3.8) is 0 Å². The summed E-state index contributed by atoms with van der Waals surface area (Å²) >= 11 is 2.70. The fourth-order valence-corrected chi connectivity index (χ4v) is 1.56. The minimum absolute atomic E-state index is 0.0859. The summed E-state index contributed by atoms with van der Waals surface area (Å²) in [5.41, 5.74) is 5.33. The standard InChI is InChI=1S/C9H10BrF2NO2/c10-8-4(11)3-6(15)7(9(8)12)5(13)1-2-14/h3,5,14-15H,1-2,13H2. The maximum atomic E-state index is 13.5. The Kier molecular flexibility index (Phi) is 4.01. The zero-order valence-corrected chi connectivity index (χ0v) is 9.26. The zero-order valence-electron chi connectivity index (χ0n) is 7.67. The van der Waals surface area contributed by atoms with E-state index in [1.807, 2.05) is 0 Å². The number of hydrogen-bond donors (Lipinski definition) is 3. The van der Waals surface area contributed by atoms with Gasteiger partial charge in [0, 0.05) is 24.3 Å². The number of phenols is 1. The van der Waals surface area contributed by atoms with Crippen molar-refractivity contribution in [2.75, 3.05) is 6.61 Å². The van der Waals surface area contributed by atoms with E-state index in [4.69, 9.17) is 10.8 Å². The fraction of sp³-hybridized carbons (Fsp3) is 0.333. The van der Waals surface area contributed by atoms with Gasteiger partial charge >= 0.3 is 0 Å². The Labute approximate surface area is 93.7 Å². The third-order valence-corrected chi connectivity index (χ3v) is 2.72. The van der Waals surface area contributed by atoms with Crippen molar-refractivity contribution in [3.05, 3.63) is 27.7 Å². The van der Waals surface area contributed by atoms with Gasteiger partial charge in [-0.1, -0.05) is 0 Å². The van der Waals surface area contributed by atoms with Crippen LogP contribution in [0.3, 0.4) is 0 Å². The van der Waals surface area contributed by atoms with E-state index in [0.717, 1.165) is 6.07 Å². The van der Waals surface area contributed by atoms with Crippen LogP contribution in [0.4, 0.5) is 8.78 Å². The Hall–Kier alpha value is -0.720. The molecule has 0 aromatic heterocycles. The summed E-state index contributed by atoms with van der Waals surface area (Å²) < 4.78 is 26.0. The molecule has 0 saturated carbocycles. The van der Waals surface area contributed by atoms with E-state index in [1.165, 1.54) is 0 Å². The maximum Gasteiger partial charge on any atom is 0.148 e. The van der Waals surface area contributed by atoms with Crippen LogP contribution in [-0.2, 0) is 0 Å². The molecule has 0 fully saturated rings. The van der Waals surface area contributed by atoms with Crippen LogP contribution in [0.25, 0.3) is 0 Å². The summed E-state index contributed by atoms with van der Waals surface area (Å²) in [4.78, 5) is 0. The second kappa shape index (κ2) is 4.87. The van der Waals surface area contributed by atoms with Crippen molar-refractivity contribution in [1.82, 2.24) is 0 Å². The van der Waals surface area contributed by atoms with Crippen LogP contribution >= 0.6 is 15.9 Å². The molecule has 1 rings (SSSR count). The van der Waals surface area contributed by atoms with Gasteiger partial charge < -0.3 is 15.9 Å². The molecule has 0 aliphatic rings. The number of aromatic hydroxyl groups is 1. The van der Waals surface area contributed by atoms with E-state index >= 15 is 0 Å². The first-order chi connectivity index (χ1) is 6.99. The van der Waals surface area contributed by atoms with Crippen LogP contribution in [-0.4, -0.2) is 16.8 Å². The van der Waals surface area contributed by atoms with Crippen LogP contribution in [0.15, 0.2) is 10.5 Å². The van der Waals surface area contributed by atoms with Crippen molar-refractivity contribution in [1.29, 1.82) is 0 Å². The molecule has 0 amide bonds. The summed E-state index contributed by atoms with van der Waals surface area (Å²) in [7, 11) is 0. The molecule has 84 valence electrons. The highest BCUT2D eigenvalue weighted by Gasteiger charge is 2.21. The molecule has 0 radical (unpaired) electrons. The summed E-state index contributed by atoms with van der Waals surface area (Å²) in [6.45, 7) is -0.241. The van der Waals surface area contributed by atoms with Gasteiger partial charge in [-0.05, 0) is 22.4 Å². The highest BCUT2D eigenvalue weighted by molar-refractivity contribution is 9.10. The average Bonchev–Trinajstić information content (AvgIpc) is 2.15. The summed E-state index contributed by atoms with van der Waals surface area (Å²) in [6.07, 6.45) is 0.0859. The lowest BCUT2D eigenvalue weighted by molar-refractivity contribution is 0.274. The molecule has 0 heterocycles. The Bertz CT molecular complexity index is 374.